The van der Waals surface area contributed by atoms with Crippen LogP contribution in [0.2, 0.25) is 0 Å². The number of rotatable bonds is 5. The van der Waals surface area contributed by atoms with Gasteiger partial charge in [-0.25, -0.2) is 13.4 Å². The normalized spacial score (nSPS) is 18.2. The van der Waals surface area contributed by atoms with Gasteiger partial charge in [-0.2, -0.15) is 17.5 Å². The molecule has 0 N–H and O–H groups in total. The summed E-state index contributed by atoms with van der Waals surface area (Å²) in [5.74, 6) is -1.13. The van der Waals surface area contributed by atoms with Crippen LogP contribution < -0.4 is 0 Å². The van der Waals surface area contributed by atoms with Crippen molar-refractivity contribution in [3.8, 4) is 0 Å². The van der Waals surface area contributed by atoms with Crippen molar-refractivity contribution in [1.82, 2.24) is 18.8 Å². The van der Waals surface area contributed by atoms with Crippen LogP contribution in [0.25, 0.3) is 11.0 Å². The zero-order chi connectivity index (χ0) is 25.5. The lowest BCUT2D eigenvalue weighted by atomic mass is 9.96. The molecule has 5 rings (SSSR count). The fourth-order valence-corrected chi connectivity index (χ4v) is 6.60. The number of nitrogens with zero attached hydrogens (tertiary/aromatic N) is 4. The molecule has 2 aromatic carbocycles. The highest BCUT2D eigenvalue weighted by molar-refractivity contribution is 7.89. The number of para-hydroxylation sites is 2. The topological polar surface area (TPSA) is 75.5 Å². The van der Waals surface area contributed by atoms with E-state index in [-0.39, 0.29) is 23.3 Å². The monoisotopic (exact) mass is 520 g/mol. The minimum absolute atomic E-state index is 0.0271. The van der Waals surface area contributed by atoms with Crippen LogP contribution in [0.4, 0.5) is 13.2 Å². The van der Waals surface area contributed by atoms with Gasteiger partial charge in [-0.1, -0.05) is 12.1 Å². The van der Waals surface area contributed by atoms with E-state index in [4.69, 9.17) is 0 Å². The first kappa shape index (κ1) is 24.8. The van der Waals surface area contributed by atoms with E-state index >= 15 is 0 Å². The summed E-state index contributed by atoms with van der Waals surface area (Å²) in [6, 6.07) is 12.6. The number of imidazole rings is 1. The molecular weight excluding hydrogens is 493 g/mol. The van der Waals surface area contributed by atoms with Crippen molar-refractivity contribution in [1.29, 1.82) is 0 Å². The number of amides is 1. The van der Waals surface area contributed by atoms with Gasteiger partial charge in [0, 0.05) is 38.3 Å². The molecule has 2 fully saturated rings. The van der Waals surface area contributed by atoms with Gasteiger partial charge in [0.1, 0.15) is 0 Å². The molecular formula is C25H27F3N4O3S. The van der Waals surface area contributed by atoms with Crippen LogP contribution in [0.1, 0.15) is 41.9 Å². The summed E-state index contributed by atoms with van der Waals surface area (Å²) in [6.45, 7) is 2.05. The molecule has 2 saturated heterocycles. The first-order valence-corrected chi connectivity index (χ1v) is 13.5. The van der Waals surface area contributed by atoms with Crippen molar-refractivity contribution in [2.75, 3.05) is 26.2 Å². The highest BCUT2D eigenvalue weighted by Crippen LogP contribution is 2.33. The molecule has 11 heteroatoms. The second-order valence-electron chi connectivity index (χ2n) is 9.40. The lowest BCUT2D eigenvalue weighted by molar-refractivity contribution is -0.147. The SMILES string of the molecule is O=C(c1ccc(S(=O)(=O)N2CCCC2)cc1)N1CCC(Cn2c(C(F)(F)F)nc3ccccc32)CC1. The first-order chi connectivity index (χ1) is 17.1. The van der Waals surface area contributed by atoms with E-state index in [2.05, 4.69) is 4.98 Å². The van der Waals surface area contributed by atoms with Crippen LogP contribution in [-0.4, -0.2) is 59.3 Å². The van der Waals surface area contributed by atoms with E-state index in [0.29, 0.717) is 55.6 Å². The maximum atomic E-state index is 13.6. The van der Waals surface area contributed by atoms with Gasteiger partial charge in [0.05, 0.1) is 15.9 Å². The standard InChI is InChI=1S/C25H27F3N4O3S/c26-25(27,28)24-29-21-5-1-2-6-22(21)32(24)17-18-11-15-30(16-12-18)23(33)19-7-9-20(10-8-19)36(34,35)31-13-3-4-14-31/h1-2,5-10,18H,3-4,11-17H2. The second kappa shape index (κ2) is 9.51. The fourth-order valence-electron chi connectivity index (χ4n) is 5.08. The Kier molecular flexibility index (Phi) is 6.54. The van der Waals surface area contributed by atoms with Crippen LogP contribution in [0.5, 0.6) is 0 Å². The van der Waals surface area contributed by atoms with E-state index in [0.717, 1.165) is 12.8 Å². The molecule has 0 spiro atoms. The lowest BCUT2D eigenvalue weighted by Crippen LogP contribution is -2.39. The Balaban J connectivity index is 1.24. The molecule has 2 aliphatic heterocycles. The van der Waals surface area contributed by atoms with Gasteiger partial charge in [-0.3, -0.25) is 4.79 Å². The number of aromatic nitrogens is 2. The Bertz CT molecular complexity index is 1360. The third-order valence-electron chi connectivity index (χ3n) is 7.05. The molecule has 0 aliphatic carbocycles. The minimum atomic E-state index is -4.55. The Morgan fingerprint density at radius 1 is 0.944 bits per heavy atom. The minimum Gasteiger partial charge on any atom is -0.339 e. The number of piperidine rings is 1. The number of benzene rings is 2. The maximum absolute atomic E-state index is 13.6. The third kappa shape index (κ3) is 4.73. The Labute approximate surface area is 207 Å². The Hall–Kier alpha value is -2.92. The van der Waals surface area contributed by atoms with Gasteiger partial charge in [0.25, 0.3) is 5.91 Å². The summed E-state index contributed by atoms with van der Waals surface area (Å²) < 4.78 is 68.9. The quantitative estimate of drug-likeness (QED) is 0.500. The molecule has 0 unspecified atom stereocenters. The predicted molar refractivity (Wildman–Crippen MR) is 128 cm³/mol. The average molecular weight is 521 g/mol. The smallest absolute Gasteiger partial charge is 0.339 e. The first-order valence-electron chi connectivity index (χ1n) is 12.1. The summed E-state index contributed by atoms with van der Waals surface area (Å²) in [5, 5.41) is 0. The highest BCUT2D eigenvalue weighted by atomic mass is 32.2. The highest BCUT2D eigenvalue weighted by Gasteiger charge is 2.38. The van der Waals surface area contributed by atoms with Crippen molar-refractivity contribution in [2.45, 2.75) is 43.3 Å². The fraction of sp³-hybridized carbons (Fsp3) is 0.440. The van der Waals surface area contributed by atoms with E-state index in [1.807, 2.05) is 0 Å². The molecule has 3 aromatic rings. The van der Waals surface area contributed by atoms with Gasteiger partial charge in [-0.15, -0.1) is 0 Å². The Morgan fingerprint density at radius 3 is 2.22 bits per heavy atom. The van der Waals surface area contributed by atoms with Gasteiger partial charge in [0.15, 0.2) is 0 Å². The number of halogens is 3. The average Bonchev–Trinajstić information content (AvgIpc) is 3.54. The van der Waals surface area contributed by atoms with Gasteiger partial charge in [-0.05, 0) is 68.0 Å². The molecule has 0 saturated carbocycles. The summed E-state index contributed by atoms with van der Waals surface area (Å²) in [5.41, 5.74) is 1.16. The molecule has 3 heterocycles. The molecule has 192 valence electrons. The number of alkyl halides is 3. The van der Waals surface area contributed by atoms with Crippen molar-refractivity contribution < 1.29 is 26.4 Å². The largest absolute Gasteiger partial charge is 0.449 e. The number of carbonyl (C=O) groups excluding carboxylic acids is 1. The van der Waals surface area contributed by atoms with Crippen molar-refractivity contribution in [3.05, 3.63) is 59.9 Å². The van der Waals surface area contributed by atoms with Crippen LogP contribution in [0.15, 0.2) is 53.4 Å². The summed E-state index contributed by atoms with van der Waals surface area (Å²) in [7, 11) is -3.55. The summed E-state index contributed by atoms with van der Waals surface area (Å²) in [6.07, 6.45) is -1.72. The predicted octanol–water partition coefficient (Wildman–Crippen LogP) is 4.39. The zero-order valence-corrected chi connectivity index (χ0v) is 20.4. The van der Waals surface area contributed by atoms with Crippen LogP contribution in [0.3, 0.4) is 0 Å². The van der Waals surface area contributed by atoms with Gasteiger partial charge < -0.3 is 9.47 Å². The summed E-state index contributed by atoms with van der Waals surface area (Å²) >= 11 is 0. The lowest BCUT2D eigenvalue weighted by Gasteiger charge is -2.32. The van der Waals surface area contributed by atoms with E-state index in [1.165, 1.54) is 33.1 Å². The van der Waals surface area contributed by atoms with E-state index in [9.17, 15) is 26.4 Å². The molecule has 0 bridgehead atoms. The third-order valence-corrected chi connectivity index (χ3v) is 8.97. The van der Waals surface area contributed by atoms with Crippen LogP contribution >= 0.6 is 0 Å². The van der Waals surface area contributed by atoms with Crippen LogP contribution in [0, 0.1) is 5.92 Å². The molecule has 36 heavy (non-hydrogen) atoms. The Morgan fingerprint density at radius 2 is 1.58 bits per heavy atom. The zero-order valence-electron chi connectivity index (χ0n) is 19.6. The molecule has 7 nitrogen and oxygen atoms in total. The van der Waals surface area contributed by atoms with Crippen molar-refractivity contribution in [2.24, 2.45) is 5.92 Å². The van der Waals surface area contributed by atoms with Gasteiger partial charge in [0.2, 0.25) is 15.8 Å². The number of likely N-dealkylation sites (tertiary alicyclic amines) is 1. The number of hydrogen-bond donors (Lipinski definition) is 0. The second-order valence-corrected chi connectivity index (χ2v) is 11.3. The number of hydrogen-bond acceptors (Lipinski definition) is 4. The number of fused-ring (bicyclic) bond motifs is 1. The summed E-state index contributed by atoms with van der Waals surface area (Å²) in [4.78, 5) is 18.7. The maximum Gasteiger partial charge on any atom is 0.449 e. The number of sulfonamides is 1. The molecule has 0 atom stereocenters. The molecule has 2 aliphatic rings. The molecule has 1 amide bonds. The number of carbonyl (C=O) groups is 1. The van der Waals surface area contributed by atoms with Crippen LogP contribution in [-0.2, 0) is 22.7 Å². The van der Waals surface area contributed by atoms with Crippen molar-refractivity contribution >= 4 is 27.0 Å². The van der Waals surface area contributed by atoms with Gasteiger partial charge >= 0.3 is 6.18 Å². The molecule has 1 aromatic heterocycles. The van der Waals surface area contributed by atoms with E-state index in [1.54, 1.807) is 29.2 Å². The molecule has 0 radical (unpaired) electrons. The van der Waals surface area contributed by atoms with E-state index < -0.39 is 22.0 Å². The van der Waals surface area contributed by atoms with Crippen molar-refractivity contribution in [3.63, 3.8) is 0 Å².